The number of nitrogens with one attached hydrogen (secondary N) is 1. The molecule has 0 bridgehead atoms. The second kappa shape index (κ2) is 8.32. The van der Waals surface area contributed by atoms with Crippen LogP contribution in [-0.4, -0.2) is 42.1 Å². The molecule has 2 heterocycles. The summed E-state index contributed by atoms with van der Waals surface area (Å²) in [7, 11) is 0. The van der Waals surface area contributed by atoms with Crippen molar-refractivity contribution in [3.8, 4) is 0 Å². The number of ether oxygens (including phenoxy) is 1. The minimum atomic E-state index is -0.514. The van der Waals surface area contributed by atoms with Gasteiger partial charge in [0.1, 0.15) is 11.4 Å². The molecule has 138 valence electrons. The van der Waals surface area contributed by atoms with Gasteiger partial charge >= 0.3 is 6.09 Å². The molecule has 0 saturated carbocycles. The highest BCUT2D eigenvalue weighted by atomic mass is 16.6. The molecule has 1 saturated heterocycles. The number of aryl methyl sites for hydroxylation is 1. The number of anilines is 1. The number of nitrogens with zero attached hydrogens (tertiary/aromatic N) is 2. The Bertz CT molecular complexity index is 617. The van der Waals surface area contributed by atoms with Crippen molar-refractivity contribution >= 4 is 17.7 Å². The summed E-state index contributed by atoms with van der Waals surface area (Å²) < 4.78 is 5.16. The molecule has 1 aliphatic rings. The molecule has 0 spiro atoms. The van der Waals surface area contributed by atoms with E-state index in [4.69, 9.17) is 4.74 Å². The average Bonchev–Trinajstić information content (AvgIpc) is 3.04. The Morgan fingerprint density at radius 1 is 1.28 bits per heavy atom. The molecule has 25 heavy (non-hydrogen) atoms. The van der Waals surface area contributed by atoms with Crippen LogP contribution in [0.2, 0.25) is 0 Å². The fourth-order valence-electron chi connectivity index (χ4n) is 2.84. The molecule has 6 heteroatoms. The Morgan fingerprint density at radius 2 is 1.96 bits per heavy atom. The minimum absolute atomic E-state index is 0.0592. The van der Waals surface area contributed by atoms with Gasteiger partial charge in [-0.15, -0.1) is 0 Å². The number of Topliss-reactive ketones (excluding diaryl/α,β-unsaturated/α-hetero) is 1. The Morgan fingerprint density at radius 3 is 2.56 bits per heavy atom. The number of ketones is 1. The lowest BCUT2D eigenvalue weighted by atomic mass is 10.0. The van der Waals surface area contributed by atoms with Crippen molar-refractivity contribution < 1.29 is 14.3 Å². The first-order valence-electron chi connectivity index (χ1n) is 8.98. The van der Waals surface area contributed by atoms with Gasteiger partial charge < -0.3 is 15.0 Å². The normalized spacial score (nSPS) is 14.5. The molecule has 1 aromatic rings. The van der Waals surface area contributed by atoms with Crippen LogP contribution in [0.3, 0.4) is 0 Å². The average molecular weight is 347 g/mol. The van der Waals surface area contributed by atoms with E-state index in [0.29, 0.717) is 24.9 Å². The minimum Gasteiger partial charge on any atom is -0.444 e. The maximum Gasteiger partial charge on any atom is 0.407 e. The van der Waals surface area contributed by atoms with E-state index in [2.05, 4.69) is 15.2 Å². The van der Waals surface area contributed by atoms with Gasteiger partial charge in [0.2, 0.25) is 0 Å². The molecule has 2 rings (SSSR count). The molecule has 1 amide bonds. The third kappa shape index (κ3) is 6.03. The van der Waals surface area contributed by atoms with E-state index >= 15 is 0 Å². The number of carbonyl (C=O) groups is 2. The fraction of sp³-hybridized carbons (Fsp3) is 0.632. The summed E-state index contributed by atoms with van der Waals surface area (Å²) in [5.74, 6) is 1.02. The SMILES string of the molecule is Cc1cc(N2CCCC2)ncc1C(=O)CCCNC(=O)OC(C)(C)C. The van der Waals surface area contributed by atoms with Gasteiger partial charge in [0, 0.05) is 37.8 Å². The summed E-state index contributed by atoms with van der Waals surface area (Å²) in [6.45, 7) is 9.89. The van der Waals surface area contributed by atoms with Crippen LogP contribution >= 0.6 is 0 Å². The lowest BCUT2D eigenvalue weighted by Crippen LogP contribution is -2.33. The highest BCUT2D eigenvalue weighted by molar-refractivity contribution is 5.97. The quantitative estimate of drug-likeness (QED) is 0.630. The second-order valence-electron chi connectivity index (χ2n) is 7.51. The number of aromatic nitrogens is 1. The molecule has 6 nitrogen and oxygen atoms in total. The van der Waals surface area contributed by atoms with Gasteiger partial charge in [-0.25, -0.2) is 9.78 Å². The number of rotatable bonds is 6. The zero-order valence-corrected chi connectivity index (χ0v) is 15.7. The smallest absolute Gasteiger partial charge is 0.407 e. The van der Waals surface area contributed by atoms with Crippen LogP contribution < -0.4 is 10.2 Å². The Hall–Kier alpha value is -2.11. The van der Waals surface area contributed by atoms with Crippen LogP contribution in [0.5, 0.6) is 0 Å². The molecule has 0 atom stereocenters. The number of alkyl carbamates (subject to hydrolysis) is 1. The van der Waals surface area contributed by atoms with Crippen LogP contribution in [0.4, 0.5) is 10.6 Å². The molecule has 1 fully saturated rings. The second-order valence-corrected chi connectivity index (χ2v) is 7.51. The molecule has 0 unspecified atom stereocenters. The summed E-state index contributed by atoms with van der Waals surface area (Å²) in [5, 5.41) is 2.67. The number of hydrogen-bond acceptors (Lipinski definition) is 5. The van der Waals surface area contributed by atoms with Crippen molar-refractivity contribution in [1.29, 1.82) is 0 Å². The number of carbonyl (C=O) groups excluding carboxylic acids is 2. The van der Waals surface area contributed by atoms with Crippen molar-refractivity contribution in [3.05, 3.63) is 23.4 Å². The lowest BCUT2D eigenvalue weighted by molar-refractivity contribution is 0.0525. The van der Waals surface area contributed by atoms with Crippen molar-refractivity contribution in [3.63, 3.8) is 0 Å². The first-order valence-corrected chi connectivity index (χ1v) is 8.98. The summed E-state index contributed by atoms with van der Waals surface area (Å²) in [5.41, 5.74) is 1.11. The Labute approximate surface area is 150 Å². The van der Waals surface area contributed by atoms with Crippen molar-refractivity contribution in [2.24, 2.45) is 0 Å². The highest BCUT2D eigenvalue weighted by Gasteiger charge is 2.17. The van der Waals surface area contributed by atoms with Crippen molar-refractivity contribution in [2.75, 3.05) is 24.5 Å². The van der Waals surface area contributed by atoms with E-state index in [1.54, 1.807) is 6.20 Å². The third-order valence-corrected chi connectivity index (χ3v) is 4.08. The summed E-state index contributed by atoms with van der Waals surface area (Å²) >= 11 is 0. The van der Waals surface area contributed by atoms with E-state index in [-0.39, 0.29) is 5.78 Å². The molecule has 1 aromatic heterocycles. The predicted molar refractivity (Wildman–Crippen MR) is 98.2 cm³/mol. The van der Waals surface area contributed by atoms with Gasteiger partial charge in [-0.3, -0.25) is 4.79 Å². The number of hydrogen-bond donors (Lipinski definition) is 1. The monoisotopic (exact) mass is 347 g/mol. The zero-order valence-electron chi connectivity index (χ0n) is 15.7. The summed E-state index contributed by atoms with van der Waals surface area (Å²) in [6, 6.07) is 2.00. The number of pyridine rings is 1. The van der Waals surface area contributed by atoms with Crippen LogP contribution in [0.15, 0.2) is 12.3 Å². The predicted octanol–water partition coefficient (Wildman–Crippen LogP) is 3.48. The van der Waals surface area contributed by atoms with Crippen molar-refractivity contribution in [2.45, 2.75) is 59.0 Å². The van der Waals surface area contributed by atoms with E-state index in [0.717, 1.165) is 24.5 Å². The molecular weight excluding hydrogens is 318 g/mol. The zero-order chi connectivity index (χ0) is 18.4. The van der Waals surface area contributed by atoms with Gasteiger partial charge in [-0.2, -0.15) is 0 Å². The van der Waals surface area contributed by atoms with E-state index in [9.17, 15) is 9.59 Å². The number of amides is 1. The van der Waals surface area contributed by atoms with Gasteiger partial charge in [0.25, 0.3) is 0 Å². The molecule has 1 N–H and O–H groups in total. The Kier molecular flexibility index (Phi) is 6.39. The largest absolute Gasteiger partial charge is 0.444 e. The topological polar surface area (TPSA) is 71.5 Å². The summed E-state index contributed by atoms with van der Waals surface area (Å²) in [4.78, 5) is 30.6. The fourth-order valence-corrected chi connectivity index (χ4v) is 2.84. The van der Waals surface area contributed by atoms with Gasteiger partial charge in [-0.1, -0.05) is 0 Å². The molecular formula is C19H29N3O3. The van der Waals surface area contributed by atoms with Gasteiger partial charge in [0.15, 0.2) is 5.78 Å². The maximum atomic E-state index is 12.4. The molecule has 1 aliphatic heterocycles. The first-order chi connectivity index (χ1) is 11.8. The van der Waals surface area contributed by atoms with Gasteiger partial charge in [-0.05, 0) is 58.6 Å². The van der Waals surface area contributed by atoms with Crippen LogP contribution in [0.25, 0.3) is 0 Å². The summed E-state index contributed by atoms with van der Waals surface area (Å²) in [6.07, 6.45) is 4.59. The van der Waals surface area contributed by atoms with Crippen LogP contribution in [0.1, 0.15) is 62.4 Å². The van der Waals surface area contributed by atoms with Crippen LogP contribution in [-0.2, 0) is 4.74 Å². The highest BCUT2D eigenvalue weighted by Crippen LogP contribution is 2.21. The lowest BCUT2D eigenvalue weighted by Gasteiger charge is -2.19. The molecule has 0 radical (unpaired) electrons. The van der Waals surface area contributed by atoms with E-state index in [1.165, 1.54) is 12.8 Å². The van der Waals surface area contributed by atoms with E-state index < -0.39 is 11.7 Å². The maximum absolute atomic E-state index is 12.4. The third-order valence-electron chi connectivity index (χ3n) is 4.08. The van der Waals surface area contributed by atoms with Gasteiger partial charge in [0.05, 0.1) is 0 Å². The molecule has 0 aromatic carbocycles. The van der Waals surface area contributed by atoms with Crippen molar-refractivity contribution in [1.82, 2.24) is 10.3 Å². The van der Waals surface area contributed by atoms with Crippen LogP contribution in [0, 0.1) is 6.92 Å². The molecule has 0 aliphatic carbocycles. The Balaban J connectivity index is 1.80. The van der Waals surface area contributed by atoms with E-state index in [1.807, 2.05) is 33.8 Å². The standard InChI is InChI=1S/C19H29N3O3/c1-14-12-17(22-10-5-6-11-22)21-13-15(14)16(23)8-7-9-20-18(24)25-19(2,3)4/h12-13H,5-11H2,1-4H3,(H,20,24). The first kappa shape index (κ1) is 19.2.